The number of ether oxygens (including phenoxy) is 1. The molecule has 1 unspecified atom stereocenters. The fraction of sp³-hybridized carbons (Fsp3) is 0.714. The lowest BCUT2D eigenvalue weighted by Gasteiger charge is -2.06. The molecular formula is C7H11NO3S. The number of hydrogen-bond donors (Lipinski definition) is 1. The summed E-state index contributed by atoms with van der Waals surface area (Å²) in [6.45, 7) is 2.13. The lowest BCUT2D eigenvalue weighted by atomic mass is 10.1. The van der Waals surface area contributed by atoms with Gasteiger partial charge in [0.05, 0.1) is 12.3 Å². The number of rotatable bonds is 2. The summed E-state index contributed by atoms with van der Waals surface area (Å²) in [7, 11) is 0. The molecule has 1 rings (SSSR count). The standard InChI is InChI=1S/C7H11NO3S/c1-2-11-7(9)5-3-12-4-6(5)8-10/h5,10H,2-4H2,1H3/b8-6+. The Morgan fingerprint density at radius 3 is 3.25 bits per heavy atom. The van der Waals surface area contributed by atoms with E-state index in [9.17, 15) is 4.79 Å². The molecule has 1 fully saturated rings. The number of oxime groups is 1. The van der Waals surface area contributed by atoms with Gasteiger partial charge in [-0.25, -0.2) is 0 Å². The first-order chi connectivity index (χ1) is 5.79. The Bertz CT molecular complexity index is 205. The maximum absolute atomic E-state index is 11.2. The van der Waals surface area contributed by atoms with Gasteiger partial charge >= 0.3 is 5.97 Å². The summed E-state index contributed by atoms with van der Waals surface area (Å²) in [5, 5.41) is 11.6. The highest BCUT2D eigenvalue weighted by Crippen LogP contribution is 2.22. The largest absolute Gasteiger partial charge is 0.465 e. The predicted molar refractivity (Wildman–Crippen MR) is 46.7 cm³/mol. The molecule has 1 atom stereocenters. The molecule has 1 aliphatic heterocycles. The maximum Gasteiger partial charge on any atom is 0.315 e. The summed E-state index contributed by atoms with van der Waals surface area (Å²) >= 11 is 1.58. The van der Waals surface area contributed by atoms with Crippen LogP contribution in [0.15, 0.2) is 5.16 Å². The van der Waals surface area contributed by atoms with Crippen LogP contribution in [0.1, 0.15) is 6.92 Å². The van der Waals surface area contributed by atoms with Gasteiger partial charge in [0.2, 0.25) is 0 Å². The van der Waals surface area contributed by atoms with Gasteiger partial charge in [0.15, 0.2) is 0 Å². The van der Waals surface area contributed by atoms with Crippen molar-refractivity contribution in [3.05, 3.63) is 0 Å². The molecule has 1 aliphatic rings. The van der Waals surface area contributed by atoms with Crippen LogP contribution >= 0.6 is 11.8 Å². The third-order valence-corrected chi connectivity index (χ3v) is 2.71. The van der Waals surface area contributed by atoms with Crippen LogP contribution in [0.2, 0.25) is 0 Å². The van der Waals surface area contributed by atoms with Crippen molar-refractivity contribution in [3.63, 3.8) is 0 Å². The average molecular weight is 189 g/mol. The molecule has 1 saturated heterocycles. The van der Waals surface area contributed by atoms with Crippen LogP contribution in [0.5, 0.6) is 0 Å². The highest BCUT2D eigenvalue weighted by atomic mass is 32.2. The molecule has 4 nitrogen and oxygen atoms in total. The van der Waals surface area contributed by atoms with E-state index in [-0.39, 0.29) is 11.9 Å². The molecule has 0 aliphatic carbocycles. The fourth-order valence-electron chi connectivity index (χ4n) is 1.02. The van der Waals surface area contributed by atoms with Crippen LogP contribution in [-0.4, -0.2) is 35.0 Å². The minimum atomic E-state index is -0.333. The van der Waals surface area contributed by atoms with Gasteiger partial charge in [0.1, 0.15) is 5.92 Å². The minimum absolute atomic E-state index is 0.282. The van der Waals surface area contributed by atoms with Crippen molar-refractivity contribution in [1.82, 2.24) is 0 Å². The lowest BCUT2D eigenvalue weighted by Crippen LogP contribution is -2.24. The fourth-order valence-corrected chi connectivity index (χ4v) is 2.17. The molecule has 0 bridgehead atoms. The van der Waals surface area contributed by atoms with E-state index < -0.39 is 0 Å². The van der Waals surface area contributed by atoms with Gasteiger partial charge in [-0.15, -0.1) is 0 Å². The summed E-state index contributed by atoms with van der Waals surface area (Å²) in [5.74, 6) is 0.674. The second kappa shape index (κ2) is 4.35. The molecule has 0 spiro atoms. The molecule has 0 saturated carbocycles. The van der Waals surface area contributed by atoms with E-state index in [1.165, 1.54) is 0 Å². The Kier molecular flexibility index (Phi) is 3.40. The highest BCUT2D eigenvalue weighted by molar-refractivity contribution is 8.00. The van der Waals surface area contributed by atoms with Gasteiger partial charge in [0, 0.05) is 11.5 Å². The topological polar surface area (TPSA) is 58.9 Å². The van der Waals surface area contributed by atoms with Crippen molar-refractivity contribution in [1.29, 1.82) is 0 Å². The zero-order valence-corrected chi connectivity index (χ0v) is 7.63. The van der Waals surface area contributed by atoms with E-state index in [1.807, 2.05) is 0 Å². The molecule has 0 aromatic carbocycles. The quantitative estimate of drug-likeness (QED) is 0.395. The van der Waals surface area contributed by atoms with Gasteiger partial charge in [-0.1, -0.05) is 5.16 Å². The number of thioether (sulfide) groups is 1. The van der Waals surface area contributed by atoms with E-state index in [0.29, 0.717) is 23.8 Å². The van der Waals surface area contributed by atoms with Crippen LogP contribution < -0.4 is 0 Å². The van der Waals surface area contributed by atoms with E-state index in [4.69, 9.17) is 9.94 Å². The number of nitrogens with zero attached hydrogens (tertiary/aromatic N) is 1. The maximum atomic E-state index is 11.2. The minimum Gasteiger partial charge on any atom is -0.465 e. The van der Waals surface area contributed by atoms with E-state index >= 15 is 0 Å². The van der Waals surface area contributed by atoms with Gasteiger partial charge in [-0.2, -0.15) is 11.8 Å². The highest BCUT2D eigenvalue weighted by Gasteiger charge is 2.31. The van der Waals surface area contributed by atoms with Crippen molar-refractivity contribution in [3.8, 4) is 0 Å². The van der Waals surface area contributed by atoms with Crippen molar-refractivity contribution in [2.75, 3.05) is 18.1 Å². The monoisotopic (exact) mass is 189 g/mol. The summed E-state index contributed by atoms with van der Waals surface area (Å²) in [5.41, 5.74) is 0.526. The van der Waals surface area contributed by atoms with Gasteiger partial charge in [0.25, 0.3) is 0 Å². The molecule has 0 aromatic rings. The number of esters is 1. The zero-order valence-electron chi connectivity index (χ0n) is 6.82. The number of hydrogen-bond acceptors (Lipinski definition) is 5. The SMILES string of the molecule is CCOC(=O)C1CSC/C1=N\O. The molecule has 68 valence electrons. The molecule has 5 heteroatoms. The summed E-state index contributed by atoms with van der Waals surface area (Å²) in [4.78, 5) is 11.2. The summed E-state index contributed by atoms with van der Waals surface area (Å²) < 4.78 is 4.81. The van der Waals surface area contributed by atoms with Crippen LogP contribution in [-0.2, 0) is 9.53 Å². The van der Waals surface area contributed by atoms with E-state index in [1.54, 1.807) is 18.7 Å². The number of carbonyl (C=O) groups is 1. The predicted octanol–water partition coefficient (Wildman–Crippen LogP) is 0.743. The Morgan fingerprint density at radius 1 is 1.92 bits per heavy atom. The summed E-state index contributed by atoms with van der Waals surface area (Å²) in [6, 6.07) is 0. The molecule has 0 radical (unpaired) electrons. The number of carbonyl (C=O) groups excluding carboxylic acids is 1. The third-order valence-electron chi connectivity index (χ3n) is 1.64. The van der Waals surface area contributed by atoms with Crippen LogP contribution in [0.3, 0.4) is 0 Å². The Morgan fingerprint density at radius 2 is 2.67 bits per heavy atom. The van der Waals surface area contributed by atoms with Crippen LogP contribution in [0, 0.1) is 5.92 Å². The Labute approximate surface area is 75.0 Å². The third kappa shape index (κ3) is 1.91. The van der Waals surface area contributed by atoms with Crippen molar-refractivity contribution >= 4 is 23.4 Å². The van der Waals surface area contributed by atoms with E-state index in [0.717, 1.165) is 0 Å². The van der Waals surface area contributed by atoms with Crippen molar-refractivity contribution in [2.24, 2.45) is 11.1 Å². The smallest absolute Gasteiger partial charge is 0.315 e. The molecule has 1 heterocycles. The van der Waals surface area contributed by atoms with Gasteiger partial charge < -0.3 is 9.94 Å². The first kappa shape index (κ1) is 9.38. The summed E-state index contributed by atoms with van der Waals surface area (Å²) in [6.07, 6.45) is 0. The molecular weight excluding hydrogens is 178 g/mol. The van der Waals surface area contributed by atoms with Crippen molar-refractivity contribution < 1.29 is 14.7 Å². The van der Waals surface area contributed by atoms with Gasteiger partial charge in [-0.3, -0.25) is 4.79 Å². The van der Waals surface area contributed by atoms with Gasteiger partial charge in [-0.05, 0) is 6.92 Å². The second-order valence-corrected chi connectivity index (χ2v) is 3.44. The first-order valence-electron chi connectivity index (χ1n) is 3.74. The molecule has 12 heavy (non-hydrogen) atoms. The normalized spacial score (nSPS) is 26.1. The Hall–Kier alpha value is -0.710. The Balaban J connectivity index is 2.56. The average Bonchev–Trinajstić information content (AvgIpc) is 2.51. The lowest BCUT2D eigenvalue weighted by molar-refractivity contribution is -0.144. The molecule has 0 amide bonds. The molecule has 1 N–H and O–H groups in total. The molecule has 0 aromatic heterocycles. The van der Waals surface area contributed by atoms with Crippen molar-refractivity contribution in [2.45, 2.75) is 6.92 Å². The van der Waals surface area contributed by atoms with Crippen LogP contribution in [0.4, 0.5) is 0 Å². The zero-order chi connectivity index (χ0) is 8.97. The van der Waals surface area contributed by atoms with Crippen LogP contribution in [0.25, 0.3) is 0 Å². The van der Waals surface area contributed by atoms with E-state index in [2.05, 4.69) is 5.16 Å². The first-order valence-corrected chi connectivity index (χ1v) is 4.90. The second-order valence-electron chi connectivity index (χ2n) is 2.41.